The maximum Gasteiger partial charge on any atom is 0.130 e. The molecule has 3 heteroatoms. The van der Waals surface area contributed by atoms with Crippen molar-refractivity contribution in [3.63, 3.8) is 0 Å². The molecule has 1 saturated carbocycles. The zero-order valence-electron chi connectivity index (χ0n) is 12.7. The number of benzene rings is 1. The van der Waals surface area contributed by atoms with E-state index >= 15 is 0 Å². The monoisotopic (exact) mass is 281 g/mol. The fourth-order valence-electron chi connectivity index (χ4n) is 3.26. The zero-order chi connectivity index (χ0) is 14.8. The molecule has 1 aromatic carbocycles. The lowest BCUT2D eigenvalue weighted by atomic mass is 9.70. The summed E-state index contributed by atoms with van der Waals surface area (Å²) in [5.41, 5.74) is 1.01. The number of hydrogen-bond acceptors (Lipinski definition) is 1. The van der Waals surface area contributed by atoms with Gasteiger partial charge in [0, 0.05) is 17.7 Å². The Labute approximate surface area is 120 Å². The first-order valence-corrected chi connectivity index (χ1v) is 7.61. The standard InChI is InChI=1S/C17H25F2N/c1-4-20-16(12-7-9-17(2,3)10-8-12)14-6-5-13(18)11-15(14)19/h5-6,11-12,16,20H,4,7-10H2,1-3H3. The number of hydrogen-bond donors (Lipinski definition) is 1. The molecule has 0 bridgehead atoms. The van der Waals surface area contributed by atoms with Crippen molar-refractivity contribution in [3.8, 4) is 0 Å². The van der Waals surface area contributed by atoms with Crippen LogP contribution in [0.25, 0.3) is 0 Å². The summed E-state index contributed by atoms with van der Waals surface area (Å²) in [4.78, 5) is 0. The van der Waals surface area contributed by atoms with Gasteiger partial charge in [0.05, 0.1) is 0 Å². The van der Waals surface area contributed by atoms with Crippen molar-refractivity contribution in [2.24, 2.45) is 11.3 Å². The van der Waals surface area contributed by atoms with E-state index in [2.05, 4.69) is 19.2 Å². The smallest absolute Gasteiger partial charge is 0.130 e. The second-order valence-corrected chi connectivity index (χ2v) is 6.70. The molecular weight excluding hydrogens is 256 g/mol. The Balaban J connectivity index is 2.19. The van der Waals surface area contributed by atoms with Crippen LogP contribution in [0.1, 0.15) is 58.1 Å². The van der Waals surface area contributed by atoms with E-state index in [0.717, 1.165) is 25.5 Å². The molecule has 0 aliphatic heterocycles. The Hall–Kier alpha value is -0.960. The third kappa shape index (κ3) is 3.57. The van der Waals surface area contributed by atoms with Crippen molar-refractivity contribution >= 4 is 0 Å². The SMILES string of the molecule is CCNC(c1ccc(F)cc1F)C1CCC(C)(C)CC1. The molecule has 0 spiro atoms. The van der Waals surface area contributed by atoms with E-state index < -0.39 is 11.6 Å². The predicted octanol–water partition coefficient (Wildman–Crippen LogP) is 4.83. The molecule has 20 heavy (non-hydrogen) atoms. The minimum atomic E-state index is -0.508. The molecule has 0 radical (unpaired) electrons. The molecule has 1 unspecified atom stereocenters. The fraction of sp³-hybridized carbons (Fsp3) is 0.647. The highest BCUT2D eigenvalue weighted by atomic mass is 19.1. The molecule has 1 fully saturated rings. The van der Waals surface area contributed by atoms with Gasteiger partial charge in [0.15, 0.2) is 0 Å². The van der Waals surface area contributed by atoms with Crippen LogP contribution in [0.3, 0.4) is 0 Å². The minimum absolute atomic E-state index is 0.00306. The lowest BCUT2D eigenvalue weighted by Gasteiger charge is -2.38. The average molecular weight is 281 g/mol. The molecule has 1 aliphatic rings. The maximum atomic E-state index is 14.1. The molecular formula is C17H25F2N. The van der Waals surface area contributed by atoms with Crippen molar-refractivity contribution in [3.05, 3.63) is 35.4 Å². The molecule has 0 amide bonds. The van der Waals surface area contributed by atoms with Gasteiger partial charge in [-0.05, 0) is 49.6 Å². The first-order chi connectivity index (χ1) is 9.43. The van der Waals surface area contributed by atoms with Gasteiger partial charge in [-0.3, -0.25) is 0 Å². The van der Waals surface area contributed by atoms with Gasteiger partial charge in [-0.15, -0.1) is 0 Å². The first-order valence-electron chi connectivity index (χ1n) is 7.61. The van der Waals surface area contributed by atoms with E-state index in [1.54, 1.807) is 6.07 Å². The summed E-state index contributed by atoms with van der Waals surface area (Å²) in [5, 5.41) is 3.39. The van der Waals surface area contributed by atoms with E-state index in [1.807, 2.05) is 6.92 Å². The number of halogens is 2. The van der Waals surface area contributed by atoms with Gasteiger partial charge in [0.1, 0.15) is 11.6 Å². The highest BCUT2D eigenvalue weighted by Crippen LogP contribution is 2.43. The van der Waals surface area contributed by atoms with Gasteiger partial charge >= 0.3 is 0 Å². The van der Waals surface area contributed by atoms with Crippen LogP contribution in [0.2, 0.25) is 0 Å². The molecule has 112 valence electrons. The van der Waals surface area contributed by atoms with Crippen molar-refractivity contribution in [1.29, 1.82) is 0 Å². The van der Waals surface area contributed by atoms with Gasteiger partial charge in [-0.25, -0.2) is 8.78 Å². The third-order valence-corrected chi connectivity index (χ3v) is 4.58. The third-order valence-electron chi connectivity index (χ3n) is 4.58. The molecule has 0 aromatic heterocycles. The van der Waals surface area contributed by atoms with Crippen LogP contribution in [-0.2, 0) is 0 Å². The molecule has 1 N–H and O–H groups in total. The maximum absolute atomic E-state index is 14.1. The van der Waals surface area contributed by atoms with Crippen LogP contribution in [0, 0.1) is 23.0 Å². The molecule has 0 saturated heterocycles. The highest BCUT2D eigenvalue weighted by Gasteiger charge is 2.32. The molecule has 1 aliphatic carbocycles. The number of rotatable bonds is 4. The van der Waals surface area contributed by atoms with Gasteiger partial charge in [0.25, 0.3) is 0 Å². The van der Waals surface area contributed by atoms with Crippen molar-refractivity contribution in [2.45, 2.75) is 52.5 Å². The Morgan fingerprint density at radius 1 is 1.25 bits per heavy atom. The summed E-state index contributed by atoms with van der Waals surface area (Å²) >= 11 is 0. The molecule has 1 aromatic rings. The summed E-state index contributed by atoms with van der Waals surface area (Å²) < 4.78 is 27.1. The van der Waals surface area contributed by atoms with Crippen LogP contribution >= 0.6 is 0 Å². The van der Waals surface area contributed by atoms with Gasteiger partial charge in [-0.1, -0.05) is 26.8 Å². The Morgan fingerprint density at radius 2 is 1.90 bits per heavy atom. The second kappa shape index (κ2) is 6.21. The largest absolute Gasteiger partial charge is 0.310 e. The minimum Gasteiger partial charge on any atom is -0.310 e. The van der Waals surface area contributed by atoms with E-state index in [1.165, 1.54) is 18.9 Å². The summed E-state index contributed by atoms with van der Waals surface area (Å²) in [6.07, 6.45) is 4.54. The molecule has 1 nitrogen and oxygen atoms in total. The van der Waals surface area contributed by atoms with Crippen LogP contribution in [0.5, 0.6) is 0 Å². The van der Waals surface area contributed by atoms with Gasteiger partial charge in [-0.2, -0.15) is 0 Å². The van der Waals surface area contributed by atoms with Crippen LogP contribution < -0.4 is 5.32 Å². The highest BCUT2D eigenvalue weighted by molar-refractivity contribution is 5.23. The normalized spacial score (nSPS) is 20.9. The summed E-state index contributed by atoms with van der Waals surface area (Å²) in [6.45, 7) is 7.41. The average Bonchev–Trinajstić information content (AvgIpc) is 2.37. The van der Waals surface area contributed by atoms with Gasteiger partial charge in [0.2, 0.25) is 0 Å². The van der Waals surface area contributed by atoms with E-state index in [4.69, 9.17) is 0 Å². The first kappa shape index (κ1) is 15.4. The van der Waals surface area contributed by atoms with Crippen LogP contribution in [0.4, 0.5) is 8.78 Å². The zero-order valence-corrected chi connectivity index (χ0v) is 12.7. The van der Waals surface area contributed by atoms with Gasteiger partial charge < -0.3 is 5.32 Å². The predicted molar refractivity (Wildman–Crippen MR) is 78.5 cm³/mol. The van der Waals surface area contributed by atoms with Crippen molar-refractivity contribution in [1.82, 2.24) is 5.32 Å². The summed E-state index contributed by atoms with van der Waals surface area (Å²) in [5.74, 6) is -0.505. The Kier molecular flexibility index (Phi) is 4.79. The van der Waals surface area contributed by atoms with Crippen molar-refractivity contribution in [2.75, 3.05) is 6.54 Å². The Bertz CT molecular complexity index is 446. The summed E-state index contributed by atoms with van der Waals surface area (Å²) in [6, 6.07) is 3.94. The number of nitrogens with one attached hydrogen (secondary N) is 1. The topological polar surface area (TPSA) is 12.0 Å². The Morgan fingerprint density at radius 3 is 2.45 bits per heavy atom. The van der Waals surface area contributed by atoms with Crippen LogP contribution in [0.15, 0.2) is 18.2 Å². The quantitative estimate of drug-likeness (QED) is 0.833. The fourth-order valence-corrected chi connectivity index (χ4v) is 3.26. The van der Waals surface area contributed by atoms with E-state index in [-0.39, 0.29) is 6.04 Å². The molecule has 0 heterocycles. The van der Waals surface area contributed by atoms with Crippen molar-refractivity contribution < 1.29 is 8.78 Å². The molecule has 1 atom stereocenters. The van der Waals surface area contributed by atoms with E-state index in [9.17, 15) is 8.78 Å². The molecule has 2 rings (SSSR count). The lowest BCUT2D eigenvalue weighted by molar-refractivity contribution is 0.160. The second-order valence-electron chi connectivity index (χ2n) is 6.70. The lowest BCUT2D eigenvalue weighted by Crippen LogP contribution is -2.33. The van der Waals surface area contributed by atoms with E-state index in [0.29, 0.717) is 16.9 Å². The van der Waals surface area contributed by atoms with Crippen LogP contribution in [-0.4, -0.2) is 6.54 Å². The summed E-state index contributed by atoms with van der Waals surface area (Å²) in [7, 11) is 0.